The van der Waals surface area contributed by atoms with Gasteiger partial charge in [0.05, 0.1) is 30.9 Å². The molecule has 9 nitrogen and oxygen atoms in total. The maximum absolute atomic E-state index is 14.2. The van der Waals surface area contributed by atoms with E-state index >= 15 is 0 Å². The van der Waals surface area contributed by atoms with Crippen molar-refractivity contribution in [1.29, 1.82) is 0 Å². The number of rotatable bonds is 10. The maximum Gasteiger partial charge on any atom is 1.00 e. The molecule has 0 radical (unpaired) electrons. The summed E-state index contributed by atoms with van der Waals surface area (Å²) >= 11 is 6.24. The van der Waals surface area contributed by atoms with E-state index in [-0.39, 0.29) is 81.8 Å². The van der Waals surface area contributed by atoms with E-state index in [1.54, 1.807) is 24.5 Å². The van der Waals surface area contributed by atoms with Gasteiger partial charge in [0.25, 0.3) is 0 Å². The number of aromatic nitrogens is 2. The molecule has 0 aliphatic rings. The summed E-state index contributed by atoms with van der Waals surface area (Å²) in [6.07, 6.45) is 1.43. The van der Waals surface area contributed by atoms with Crippen LogP contribution in [-0.2, 0) is 23.6 Å². The second-order valence-corrected chi connectivity index (χ2v) is 10.6. The van der Waals surface area contributed by atoms with Crippen molar-refractivity contribution in [3.63, 3.8) is 0 Å². The number of sulfonamides is 1. The molecule has 3 aromatic rings. The Morgan fingerprint density at radius 1 is 1.15 bits per heavy atom. The molecule has 1 N–H and O–H groups in total. The van der Waals surface area contributed by atoms with E-state index in [2.05, 4.69) is 4.98 Å². The first-order chi connectivity index (χ1) is 15.6. The molecule has 0 spiro atoms. The van der Waals surface area contributed by atoms with E-state index in [1.807, 2.05) is 4.49 Å². The number of imidazole rings is 1. The number of benzene rings is 2. The molecule has 0 aliphatic carbocycles. The maximum atomic E-state index is 14.2. The van der Waals surface area contributed by atoms with Gasteiger partial charge < -0.3 is 6.16 Å². The SMILES string of the molecule is CCOP(=O)(NS(=O)(=O)c1ccc(-n2cnc(Cl)c2-c2ccc(OC)c(F)c2)cc1)OCC.[H-].[K+]. The Hall–Kier alpha value is -0.634. The van der Waals surface area contributed by atoms with E-state index in [0.29, 0.717) is 16.9 Å². The fourth-order valence-corrected chi connectivity index (χ4v) is 6.52. The molecule has 1 heterocycles. The second-order valence-electron chi connectivity index (χ2n) is 6.52. The van der Waals surface area contributed by atoms with Crippen LogP contribution in [-0.4, -0.2) is 38.3 Å². The summed E-state index contributed by atoms with van der Waals surface area (Å²) < 4.78 is 70.7. The van der Waals surface area contributed by atoms with Crippen molar-refractivity contribution < 1.29 is 84.0 Å². The fourth-order valence-electron chi connectivity index (χ4n) is 3.01. The average molecular weight is 558 g/mol. The number of halogens is 2. The molecule has 0 aliphatic heterocycles. The summed E-state index contributed by atoms with van der Waals surface area (Å²) in [6.45, 7) is 3.12. The Labute approximate surface area is 246 Å². The van der Waals surface area contributed by atoms with E-state index < -0.39 is 23.6 Å². The van der Waals surface area contributed by atoms with Crippen molar-refractivity contribution >= 4 is 29.4 Å². The molecule has 0 unspecified atom stereocenters. The first-order valence-corrected chi connectivity index (χ1v) is 13.1. The summed E-state index contributed by atoms with van der Waals surface area (Å²) in [5.74, 6) is -0.487. The first-order valence-electron chi connectivity index (χ1n) is 9.74. The molecule has 3 rings (SSSR count). The first kappa shape index (κ1) is 29.6. The quantitative estimate of drug-likeness (QED) is 0.300. The molecule has 180 valence electrons. The minimum Gasteiger partial charge on any atom is -1.00 e. The fraction of sp³-hybridized carbons (Fsp3) is 0.250. The zero-order chi connectivity index (χ0) is 24.2. The van der Waals surface area contributed by atoms with E-state index in [1.165, 1.54) is 49.8 Å². The smallest absolute Gasteiger partial charge is 1.00 e. The third kappa shape index (κ3) is 6.77. The molecule has 2 aromatic carbocycles. The van der Waals surface area contributed by atoms with Crippen LogP contribution in [0.4, 0.5) is 4.39 Å². The number of hydrogen-bond acceptors (Lipinski definition) is 7. The molecule has 0 saturated heterocycles. The Kier molecular flexibility index (Phi) is 10.9. The Morgan fingerprint density at radius 2 is 1.76 bits per heavy atom. The normalized spacial score (nSPS) is 11.8. The largest absolute Gasteiger partial charge is 1.00 e. The zero-order valence-electron chi connectivity index (χ0n) is 20.0. The third-order valence-electron chi connectivity index (χ3n) is 4.40. The summed E-state index contributed by atoms with van der Waals surface area (Å²) in [5, 5.41) is 0.132. The van der Waals surface area contributed by atoms with Crippen LogP contribution >= 0.6 is 19.3 Å². The van der Waals surface area contributed by atoms with Crippen LogP contribution in [0.2, 0.25) is 5.15 Å². The van der Waals surface area contributed by atoms with Gasteiger partial charge in [-0.2, -0.15) is 0 Å². The standard InChI is InChI=1S/C20H22ClFN3O6PS.K.H/c1-4-30-32(26,31-5-2)24-33(27,28)16-9-7-15(8-10-16)25-13-23-20(21)19(25)14-6-11-18(29-3)17(22)12-14;;/h6-13H,4-5H2,1-3H3,(H,24,26);;/q;+1;-1. The molecule has 14 heteroatoms. The molecular weight excluding hydrogens is 535 g/mol. The summed E-state index contributed by atoms with van der Waals surface area (Å²) in [7, 11) is -6.90. The number of hydrogen-bond donors (Lipinski definition) is 1. The number of ether oxygens (including phenoxy) is 1. The molecular formula is C20H23ClFKN3O6PS. The van der Waals surface area contributed by atoms with Crippen LogP contribution in [0.25, 0.3) is 16.9 Å². The van der Waals surface area contributed by atoms with Gasteiger partial charge in [-0.05, 0) is 56.3 Å². The van der Waals surface area contributed by atoms with Crippen molar-refractivity contribution in [2.75, 3.05) is 20.3 Å². The number of nitrogens with one attached hydrogen (secondary N) is 1. The van der Waals surface area contributed by atoms with Crippen LogP contribution in [0.3, 0.4) is 0 Å². The van der Waals surface area contributed by atoms with E-state index in [9.17, 15) is 17.4 Å². The van der Waals surface area contributed by atoms with Crippen molar-refractivity contribution in [1.82, 2.24) is 14.0 Å². The van der Waals surface area contributed by atoms with Gasteiger partial charge in [0, 0.05) is 11.3 Å². The Morgan fingerprint density at radius 3 is 2.29 bits per heavy atom. The van der Waals surface area contributed by atoms with Gasteiger partial charge in [-0.3, -0.25) is 13.6 Å². The molecule has 1 aromatic heterocycles. The second kappa shape index (κ2) is 12.6. The van der Waals surface area contributed by atoms with E-state index in [0.717, 1.165) is 0 Å². The molecule has 0 atom stereocenters. The third-order valence-corrected chi connectivity index (χ3v) is 8.62. The van der Waals surface area contributed by atoms with Gasteiger partial charge >= 0.3 is 59.1 Å². The minimum atomic E-state index is -4.21. The minimum absolute atomic E-state index is 0. The predicted octanol–water partition coefficient (Wildman–Crippen LogP) is 1.92. The van der Waals surface area contributed by atoms with Crippen LogP contribution in [0.5, 0.6) is 5.75 Å². The van der Waals surface area contributed by atoms with Crippen molar-refractivity contribution in [2.24, 2.45) is 0 Å². The van der Waals surface area contributed by atoms with Gasteiger partial charge in [-0.15, -0.1) is 4.49 Å². The van der Waals surface area contributed by atoms with Crippen LogP contribution < -0.4 is 60.6 Å². The van der Waals surface area contributed by atoms with Crippen molar-refractivity contribution in [3.05, 3.63) is 59.8 Å². The monoisotopic (exact) mass is 557 g/mol. The van der Waals surface area contributed by atoms with Crippen LogP contribution in [0.15, 0.2) is 53.7 Å². The van der Waals surface area contributed by atoms with Gasteiger partial charge in [0.2, 0.25) is 10.0 Å². The predicted molar refractivity (Wildman–Crippen MR) is 123 cm³/mol. The zero-order valence-corrected chi connectivity index (χ0v) is 24.6. The Balaban J connectivity index is 0.00000306. The molecule has 34 heavy (non-hydrogen) atoms. The molecule has 0 bridgehead atoms. The van der Waals surface area contributed by atoms with Crippen molar-refractivity contribution in [3.8, 4) is 22.7 Å². The number of methoxy groups -OCH3 is 1. The molecule has 0 amide bonds. The summed E-state index contributed by atoms with van der Waals surface area (Å²) in [5.41, 5.74) is 1.37. The van der Waals surface area contributed by atoms with Crippen LogP contribution in [0, 0.1) is 5.82 Å². The van der Waals surface area contributed by atoms with Gasteiger partial charge in [0.15, 0.2) is 16.7 Å². The topological polar surface area (TPSA) is 109 Å². The number of nitrogens with zero attached hydrogens (tertiary/aromatic N) is 2. The Bertz CT molecular complexity index is 1290. The molecule has 0 saturated carbocycles. The van der Waals surface area contributed by atoms with Gasteiger partial charge in [-0.1, -0.05) is 11.6 Å². The van der Waals surface area contributed by atoms with Gasteiger partial charge in [0.1, 0.15) is 6.33 Å². The van der Waals surface area contributed by atoms with Crippen molar-refractivity contribution in [2.45, 2.75) is 18.7 Å². The summed E-state index contributed by atoms with van der Waals surface area (Å²) in [6, 6.07) is 9.99. The van der Waals surface area contributed by atoms with E-state index in [4.69, 9.17) is 25.4 Å². The average Bonchev–Trinajstić information content (AvgIpc) is 3.15. The summed E-state index contributed by atoms with van der Waals surface area (Å²) in [4.78, 5) is 3.92. The van der Waals surface area contributed by atoms with Gasteiger partial charge in [-0.25, -0.2) is 22.4 Å². The van der Waals surface area contributed by atoms with Crippen LogP contribution in [0.1, 0.15) is 15.3 Å². The molecule has 0 fully saturated rings.